The molecule has 2 aliphatic heterocycles. The van der Waals surface area contributed by atoms with E-state index in [0.29, 0.717) is 0 Å². The van der Waals surface area contributed by atoms with Crippen molar-refractivity contribution in [1.29, 1.82) is 0 Å². The van der Waals surface area contributed by atoms with Gasteiger partial charge in [0.25, 0.3) is 0 Å². The number of nitrogens with zero attached hydrogens (tertiary/aromatic N) is 2. The van der Waals surface area contributed by atoms with Gasteiger partial charge in [0.15, 0.2) is 0 Å². The number of unbranched alkanes of at least 4 members (excludes halogenated alkanes) is 2. The summed E-state index contributed by atoms with van der Waals surface area (Å²) >= 11 is 3.90. The molecule has 40 heavy (non-hydrogen) atoms. The SMILES string of the molecule is CCCCN1c2ccccc2Sc2c1cc(C)c(-c1c(C)cc3c(c1C)Sc1ccccc1N3CCCC)c2C. The number of rotatable bonds is 7. The Labute approximate surface area is 249 Å². The monoisotopic (exact) mass is 564 g/mol. The largest absolute Gasteiger partial charge is 0.340 e. The highest BCUT2D eigenvalue weighted by atomic mass is 32.2. The van der Waals surface area contributed by atoms with E-state index in [-0.39, 0.29) is 0 Å². The molecule has 4 heteroatoms. The van der Waals surface area contributed by atoms with Gasteiger partial charge in [0.2, 0.25) is 0 Å². The Morgan fingerprint density at radius 3 is 1.35 bits per heavy atom. The van der Waals surface area contributed by atoms with Crippen molar-refractivity contribution in [3.63, 3.8) is 0 Å². The van der Waals surface area contributed by atoms with Gasteiger partial charge in [-0.25, -0.2) is 0 Å². The zero-order valence-electron chi connectivity index (χ0n) is 24.7. The van der Waals surface area contributed by atoms with Gasteiger partial charge in [0, 0.05) is 32.7 Å². The van der Waals surface area contributed by atoms with Crippen molar-refractivity contribution >= 4 is 46.3 Å². The van der Waals surface area contributed by atoms with Crippen LogP contribution >= 0.6 is 23.5 Å². The normalized spacial score (nSPS) is 13.6. The van der Waals surface area contributed by atoms with Crippen LogP contribution in [-0.2, 0) is 0 Å². The van der Waals surface area contributed by atoms with Crippen LogP contribution < -0.4 is 9.80 Å². The number of hydrogen-bond acceptors (Lipinski definition) is 4. The molecule has 0 saturated carbocycles. The highest BCUT2D eigenvalue weighted by Crippen LogP contribution is 2.55. The molecule has 2 aliphatic rings. The summed E-state index contributed by atoms with van der Waals surface area (Å²) in [6, 6.07) is 22.8. The molecule has 0 atom stereocenters. The van der Waals surface area contributed by atoms with Gasteiger partial charge in [-0.1, -0.05) is 74.5 Å². The van der Waals surface area contributed by atoms with E-state index in [2.05, 4.69) is 112 Å². The van der Waals surface area contributed by atoms with E-state index >= 15 is 0 Å². The standard InChI is InChI=1S/C36H40N2S2/c1-7-9-19-37-27-15-11-13-17-31(27)39-35-25(5)33(23(3)21-29(35)37)34-24(4)22-30-36(26(34)6)40-32-18-14-12-16-28(32)38(30)20-10-8-2/h11-18,21-22H,7-10,19-20H2,1-6H3. The summed E-state index contributed by atoms with van der Waals surface area (Å²) < 4.78 is 0. The van der Waals surface area contributed by atoms with Crippen LogP contribution in [0, 0.1) is 27.7 Å². The minimum atomic E-state index is 1.06. The number of anilines is 4. The average molecular weight is 565 g/mol. The van der Waals surface area contributed by atoms with Gasteiger partial charge in [0.05, 0.1) is 22.7 Å². The fraction of sp³-hybridized carbons (Fsp3) is 0.333. The molecule has 206 valence electrons. The predicted octanol–water partition coefficient (Wildman–Crippen LogP) is 11.4. The van der Waals surface area contributed by atoms with Crippen LogP contribution in [0.2, 0.25) is 0 Å². The molecule has 6 rings (SSSR count). The molecule has 2 heterocycles. The van der Waals surface area contributed by atoms with Gasteiger partial charge in [-0.2, -0.15) is 0 Å². The summed E-state index contributed by atoms with van der Waals surface area (Å²) in [5, 5.41) is 0. The highest BCUT2D eigenvalue weighted by Gasteiger charge is 2.30. The van der Waals surface area contributed by atoms with Gasteiger partial charge in [-0.05, 0) is 110 Å². The van der Waals surface area contributed by atoms with E-state index in [1.807, 2.05) is 23.5 Å². The quantitative estimate of drug-likeness (QED) is 0.220. The number of fused-ring (bicyclic) bond motifs is 4. The van der Waals surface area contributed by atoms with Crippen LogP contribution in [0.3, 0.4) is 0 Å². The highest BCUT2D eigenvalue weighted by molar-refractivity contribution is 8.00. The van der Waals surface area contributed by atoms with E-state index in [4.69, 9.17) is 0 Å². The van der Waals surface area contributed by atoms with Gasteiger partial charge in [-0.15, -0.1) is 0 Å². The first kappa shape index (κ1) is 27.4. The lowest BCUT2D eigenvalue weighted by Crippen LogP contribution is -2.23. The van der Waals surface area contributed by atoms with Crippen LogP contribution in [0.1, 0.15) is 61.8 Å². The lowest BCUT2D eigenvalue weighted by atomic mass is 9.88. The molecule has 0 radical (unpaired) electrons. The molecular weight excluding hydrogens is 525 g/mol. The minimum absolute atomic E-state index is 1.06. The van der Waals surface area contributed by atoms with Gasteiger partial charge in [0.1, 0.15) is 0 Å². The number of aryl methyl sites for hydroxylation is 2. The molecule has 0 saturated heterocycles. The summed E-state index contributed by atoms with van der Waals surface area (Å²) in [6.45, 7) is 16.0. The molecular formula is C36H40N2S2. The maximum atomic E-state index is 2.57. The number of benzene rings is 4. The van der Waals surface area contributed by atoms with Crippen LogP contribution in [0.15, 0.2) is 80.2 Å². The Kier molecular flexibility index (Phi) is 7.67. The zero-order valence-corrected chi connectivity index (χ0v) is 26.4. The van der Waals surface area contributed by atoms with E-state index in [9.17, 15) is 0 Å². The molecule has 0 unspecified atom stereocenters. The smallest absolute Gasteiger partial charge is 0.0558 e. The fourth-order valence-corrected chi connectivity index (χ4v) is 8.80. The van der Waals surface area contributed by atoms with Crippen LogP contribution in [-0.4, -0.2) is 13.1 Å². The average Bonchev–Trinajstić information content (AvgIpc) is 2.96. The molecule has 0 amide bonds. The Bertz CT molecular complexity index is 1470. The molecule has 0 spiro atoms. The van der Waals surface area contributed by atoms with Crippen molar-refractivity contribution in [2.75, 3.05) is 22.9 Å². The molecule has 4 aromatic carbocycles. The third kappa shape index (κ3) is 4.54. The molecule has 0 aliphatic carbocycles. The molecule has 0 bridgehead atoms. The van der Waals surface area contributed by atoms with Crippen LogP contribution in [0.4, 0.5) is 22.7 Å². The molecule has 0 N–H and O–H groups in total. The van der Waals surface area contributed by atoms with Crippen LogP contribution in [0.25, 0.3) is 11.1 Å². The van der Waals surface area contributed by atoms with Crippen molar-refractivity contribution in [3.05, 3.63) is 82.9 Å². The maximum absolute atomic E-state index is 2.57. The Morgan fingerprint density at radius 2 is 0.950 bits per heavy atom. The Balaban J connectivity index is 1.51. The first-order valence-electron chi connectivity index (χ1n) is 14.8. The molecule has 4 aromatic rings. The van der Waals surface area contributed by atoms with E-state index in [0.717, 1.165) is 13.1 Å². The second kappa shape index (κ2) is 11.2. The summed E-state index contributed by atoms with van der Waals surface area (Å²) in [6.07, 6.45) is 4.77. The topological polar surface area (TPSA) is 6.48 Å². The third-order valence-corrected chi connectivity index (χ3v) is 11.0. The molecule has 0 aromatic heterocycles. The van der Waals surface area contributed by atoms with Crippen molar-refractivity contribution in [2.24, 2.45) is 0 Å². The number of para-hydroxylation sites is 2. The number of hydrogen-bond donors (Lipinski definition) is 0. The molecule has 0 fully saturated rings. The lowest BCUT2D eigenvalue weighted by Gasteiger charge is -2.36. The van der Waals surface area contributed by atoms with Crippen molar-refractivity contribution in [3.8, 4) is 11.1 Å². The first-order valence-corrected chi connectivity index (χ1v) is 16.4. The van der Waals surface area contributed by atoms with E-state index < -0.39 is 0 Å². The molecule has 2 nitrogen and oxygen atoms in total. The van der Waals surface area contributed by atoms with Crippen LogP contribution in [0.5, 0.6) is 0 Å². The van der Waals surface area contributed by atoms with Gasteiger partial charge < -0.3 is 9.80 Å². The zero-order chi connectivity index (χ0) is 28.0. The summed E-state index contributed by atoms with van der Waals surface area (Å²) in [4.78, 5) is 10.7. The minimum Gasteiger partial charge on any atom is -0.340 e. The van der Waals surface area contributed by atoms with Crippen molar-refractivity contribution in [2.45, 2.75) is 86.8 Å². The van der Waals surface area contributed by atoms with Crippen molar-refractivity contribution < 1.29 is 0 Å². The predicted molar refractivity (Wildman–Crippen MR) is 176 cm³/mol. The fourth-order valence-electron chi connectivity index (χ4n) is 6.44. The van der Waals surface area contributed by atoms with Crippen molar-refractivity contribution in [1.82, 2.24) is 0 Å². The second-order valence-corrected chi connectivity index (χ2v) is 13.3. The summed E-state index contributed by atoms with van der Waals surface area (Å²) in [5.74, 6) is 0. The Hall–Kier alpha value is -2.82. The lowest BCUT2D eigenvalue weighted by molar-refractivity contribution is 0.775. The van der Waals surface area contributed by atoms with E-state index in [1.165, 1.54) is 101 Å². The third-order valence-electron chi connectivity index (χ3n) is 8.43. The first-order chi connectivity index (χ1) is 19.4. The van der Waals surface area contributed by atoms with Gasteiger partial charge in [-0.3, -0.25) is 0 Å². The summed E-state index contributed by atoms with van der Waals surface area (Å²) in [5.41, 5.74) is 13.8. The van der Waals surface area contributed by atoms with Gasteiger partial charge >= 0.3 is 0 Å². The Morgan fingerprint density at radius 1 is 0.550 bits per heavy atom. The van der Waals surface area contributed by atoms with E-state index in [1.54, 1.807) is 0 Å². The maximum Gasteiger partial charge on any atom is 0.0558 e. The summed E-state index contributed by atoms with van der Waals surface area (Å²) in [7, 11) is 0. The second-order valence-electron chi connectivity index (χ2n) is 11.2.